The van der Waals surface area contributed by atoms with Gasteiger partial charge in [0.25, 0.3) is 0 Å². The van der Waals surface area contributed by atoms with E-state index >= 15 is 0 Å². The molecular formula is C15H21N5S. The van der Waals surface area contributed by atoms with Gasteiger partial charge in [0, 0.05) is 29.9 Å². The van der Waals surface area contributed by atoms with Crippen molar-refractivity contribution >= 4 is 17.6 Å². The van der Waals surface area contributed by atoms with E-state index in [9.17, 15) is 0 Å². The third-order valence-electron chi connectivity index (χ3n) is 3.02. The van der Waals surface area contributed by atoms with E-state index in [1.165, 1.54) is 11.8 Å². The van der Waals surface area contributed by atoms with Gasteiger partial charge in [-0.15, -0.1) is 0 Å². The summed E-state index contributed by atoms with van der Waals surface area (Å²) in [6, 6.07) is 1.97. The maximum absolute atomic E-state index is 4.67. The molecule has 0 spiro atoms. The number of nitrogens with one attached hydrogen (secondary N) is 1. The van der Waals surface area contributed by atoms with Gasteiger partial charge >= 0.3 is 0 Å². The van der Waals surface area contributed by atoms with Crippen molar-refractivity contribution in [2.75, 3.05) is 12.4 Å². The van der Waals surface area contributed by atoms with E-state index < -0.39 is 0 Å². The van der Waals surface area contributed by atoms with E-state index in [-0.39, 0.29) is 5.92 Å². The van der Waals surface area contributed by atoms with E-state index in [2.05, 4.69) is 39.1 Å². The van der Waals surface area contributed by atoms with Crippen molar-refractivity contribution in [3.8, 4) is 0 Å². The normalized spacial score (nSPS) is 11.0. The van der Waals surface area contributed by atoms with E-state index in [4.69, 9.17) is 0 Å². The molecule has 0 aromatic carbocycles. The molecule has 0 bridgehead atoms. The van der Waals surface area contributed by atoms with Crippen LogP contribution in [-0.4, -0.2) is 27.0 Å². The van der Waals surface area contributed by atoms with Crippen molar-refractivity contribution in [3.63, 3.8) is 0 Å². The van der Waals surface area contributed by atoms with Crippen LogP contribution >= 0.6 is 11.8 Å². The molecule has 0 aliphatic heterocycles. The highest BCUT2D eigenvalue weighted by Crippen LogP contribution is 2.30. The molecule has 2 aromatic rings. The van der Waals surface area contributed by atoms with Crippen molar-refractivity contribution in [1.82, 2.24) is 19.9 Å². The summed E-state index contributed by atoms with van der Waals surface area (Å²) >= 11 is 1.49. The zero-order valence-electron chi connectivity index (χ0n) is 13.4. The summed E-state index contributed by atoms with van der Waals surface area (Å²) in [6.07, 6.45) is 0. The molecule has 0 atom stereocenters. The first-order valence-electron chi connectivity index (χ1n) is 6.97. The number of rotatable bonds is 4. The number of hydrogen-bond donors (Lipinski definition) is 1. The van der Waals surface area contributed by atoms with Gasteiger partial charge in [0.05, 0.1) is 0 Å². The first kappa shape index (κ1) is 15.7. The highest BCUT2D eigenvalue weighted by atomic mass is 32.2. The minimum Gasteiger partial charge on any atom is -0.373 e. The molecule has 0 aliphatic carbocycles. The van der Waals surface area contributed by atoms with Crippen molar-refractivity contribution in [2.45, 2.75) is 50.7 Å². The van der Waals surface area contributed by atoms with Crippen LogP contribution in [-0.2, 0) is 0 Å². The Kier molecular flexibility index (Phi) is 4.77. The second kappa shape index (κ2) is 6.39. The predicted molar refractivity (Wildman–Crippen MR) is 86.0 cm³/mol. The molecule has 112 valence electrons. The van der Waals surface area contributed by atoms with Crippen LogP contribution in [0.3, 0.4) is 0 Å². The molecule has 0 fully saturated rings. The van der Waals surface area contributed by atoms with Crippen LogP contribution in [0.15, 0.2) is 16.2 Å². The zero-order chi connectivity index (χ0) is 15.6. The fraction of sp³-hybridized carbons (Fsp3) is 0.467. The fourth-order valence-corrected chi connectivity index (χ4v) is 2.88. The smallest absolute Gasteiger partial charge is 0.194 e. The minimum atomic E-state index is 0.275. The Morgan fingerprint density at radius 1 is 1.00 bits per heavy atom. The summed E-state index contributed by atoms with van der Waals surface area (Å²) < 4.78 is 0. The minimum absolute atomic E-state index is 0.275. The third kappa shape index (κ3) is 3.69. The summed E-state index contributed by atoms with van der Waals surface area (Å²) in [6.45, 7) is 10.1. The Balaban J connectivity index is 2.45. The quantitative estimate of drug-likeness (QED) is 0.689. The van der Waals surface area contributed by atoms with Crippen LogP contribution in [0.5, 0.6) is 0 Å². The lowest BCUT2D eigenvalue weighted by molar-refractivity contribution is 0.748. The van der Waals surface area contributed by atoms with Gasteiger partial charge in [-0.25, -0.2) is 19.9 Å². The van der Waals surface area contributed by atoms with Crippen LogP contribution in [0.4, 0.5) is 5.82 Å². The standard InChI is InChI=1S/C15H21N5S/c1-8(2)12-19-13(16-6)11(5)14(20-12)21-15-17-9(3)7-10(4)18-15/h7-8H,1-6H3,(H,16,19,20). The van der Waals surface area contributed by atoms with E-state index in [1.54, 1.807) is 0 Å². The highest BCUT2D eigenvalue weighted by Gasteiger charge is 2.14. The molecule has 21 heavy (non-hydrogen) atoms. The zero-order valence-corrected chi connectivity index (χ0v) is 14.2. The summed E-state index contributed by atoms with van der Waals surface area (Å²) in [5.74, 6) is 1.97. The van der Waals surface area contributed by atoms with E-state index in [1.807, 2.05) is 33.9 Å². The fourth-order valence-electron chi connectivity index (χ4n) is 1.94. The summed E-state index contributed by atoms with van der Waals surface area (Å²) in [5, 5.41) is 4.77. The van der Waals surface area contributed by atoms with Gasteiger partial charge in [-0.1, -0.05) is 13.8 Å². The van der Waals surface area contributed by atoms with Crippen LogP contribution in [0.2, 0.25) is 0 Å². The molecule has 5 nitrogen and oxygen atoms in total. The molecule has 0 saturated heterocycles. The van der Waals surface area contributed by atoms with Gasteiger partial charge in [-0.2, -0.15) is 0 Å². The monoisotopic (exact) mass is 303 g/mol. The van der Waals surface area contributed by atoms with Gasteiger partial charge in [0.1, 0.15) is 16.7 Å². The Morgan fingerprint density at radius 3 is 2.14 bits per heavy atom. The molecule has 2 aromatic heterocycles. The largest absolute Gasteiger partial charge is 0.373 e. The Morgan fingerprint density at radius 2 is 1.62 bits per heavy atom. The predicted octanol–water partition coefficient (Wildman–Crippen LogP) is 3.51. The first-order chi connectivity index (χ1) is 9.90. The average Bonchev–Trinajstić information content (AvgIpc) is 2.39. The van der Waals surface area contributed by atoms with Crippen molar-refractivity contribution < 1.29 is 0 Å². The number of anilines is 1. The Bertz CT molecular complexity index is 635. The van der Waals surface area contributed by atoms with Gasteiger partial charge in [-0.3, -0.25) is 0 Å². The van der Waals surface area contributed by atoms with Crippen molar-refractivity contribution in [1.29, 1.82) is 0 Å². The molecule has 0 unspecified atom stereocenters. The van der Waals surface area contributed by atoms with Crippen LogP contribution in [0.1, 0.15) is 42.5 Å². The summed E-state index contributed by atoms with van der Waals surface area (Å²) in [5.41, 5.74) is 2.96. The average molecular weight is 303 g/mol. The number of aryl methyl sites for hydroxylation is 2. The van der Waals surface area contributed by atoms with E-state index in [0.29, 0.717) is 0 Å². The van der Waals surface area contributed by atoms with Crippen LogP contribution < -0.4 is 5.32 Å². The number of hydrogen-bond acceptors (Lipinski definition) is 6. The van der Waals surface area contributed by atoms with Gasteiger partial charge in [0.2, 0.25) is 0 Å². The second-order valence-electron chi connectivity index (χ2n) is 5.30. The number of nitrogens with zero attached hydrogens (tertiary/aromatic N) is 4. The molecule has 6 heteroatoms. The van der Waals surface area contributed by atoms with Gasteiger partial charge < -0.3 is 5.32 Å². The van der Waals surface area contributed by atoms with Gasteiger partial charge in [-0.05, 0) is 38.6 Å². The maximum Gasteiger partial charge on any atom is 0.194 e. The molecule has 2 rings (SSSR count). The second-order valence-corrected chi connectivity index (χ2v) is 6.26. The third-order valence-corrected chi connectivity index (χ3v) is 3.98. The lowest BCUT2D eigenvalue weighted by Gasteiger charge is -2.13. The topological polar surface area (TPSA) is 63.6 Å². The molecule has 0 aliphatic rings. The molecule has 0 saturated carbocycles. The molecule has 1 N–H and O–H groups in total. The highest BCUT2D eigenvalue weighted by molar-refractivity contribution is 7.99. The lowest BCUT2D eigenvalue weighted by Crippen LogP contribution is -2.06. The van der Waals surface area contributed by atoms with Gasteiger partial charge in [0.15, 0.2) is 5.16 Å². The van der Waals surface area contributed by atoms with Crippen molar-refractivity contribution in [3.05, 3.63) is 28.8 Å². The van der Waals surface area contributed by atoms with Crippen LogP contribution in [0.25, 0.3) is 0 Å². The first-order valence-corrected chi connectivity index (χ1v) is 7.78. The van der Waals surface area contributed by atoms with Crippen LogP contribution in [0, 0.1) is 20.8 Å². The number of aromatic nitrogens is 4. The SMILES string of the molecule is CNc1nc(C(C)C)nc(Sc2nc(C)cc(C)n2)c1C. The Hall–Kier alpha value is -1.69. The molecule has 0 radical (unpaired) electrons. The lowest BCUT2D eigenvalue weighted by atomic mass is 10.2. The van der Waals surface area contributed by atoms with Crippen molar-refractivity contribution in [2.24, 2.45) is 0 Å². The summed E-state index contributed by atoms with van der Waals surface area (Å²) in [4.78, 5) is 18.2. The Labute approximate surface area is 130 Å². The molecule has 0 amide bonds. The molecule has 2 heterocycles. The van der Waals surface area contributed by atoms with E-state index in [0.717, 1.165) is 38.8 Å². The maximum atomic E-state index is 4.67. The molecular weight excluding hydrogens is 282 g/mol. The summed E-state index contributed by atoms with van der Waals surface area (Å²) in [7, 11) is 1.88.